The maximum absolute atomic E-state index is 4.90. The van der Waals surface area contributed by atoms with E-state index in [0.29, 0.717) is 5.92 Å². The fourth-order valence-electron chi connectivity index (χ4n) is 4.16. The van der Waals surface area contributed by atoms with E-state index < -0.39 is 0 Å². The molecule has 1 nitrogen and oxygen atoms in total. The Balaban J connectivity index is 1.72. The smallest absolute Gasteiger partial charge is 0.0709 e. The summed E-state index contributed by atoms with van der Waals surface area (Å²) >= 11 is 0. The summed E-state index contributed by atoms with van der Waals surface area (Å²) in [7, 11) is 0. The van der Waals surface area contributed by atoms with Gasteiger partial charge in [-0.15, -0.1) is 0 Å². The van der Waals surface area contributed by atoms with Crippen molar-refractivity contribution >= 4 is 23.1 Å². The van der Waals surface area contributed by atoms with Crippen LogP contribution in [0.3, 0.4) is 0 Å². The first kappa shape index (κ1) is 13.7. The second kappa shape index (κ2) is 5.17. The van der Waals surface area contributed by atoms with Crippen LogP contribution >= 0.6 is 0 Å². The highest BCUT2D eigenvalue weighted by Crippen LogP contribution is 2.40. The maximum Gasteiger partial charge on any atom is 0.0709 e. The lowest BCUT2D eigenvalue weighted by Gasteiger charge is -2.24. The van der Waals surface area contributed by atoms with Gasteiger partial charge in [0.2, 0.25) is 0 Å². The molecule has 2 aliphatic rings. The number of rotatable bonds is 1. The first-order chi connectivity index (χ1) is 11.8. The number of benzene rings is 2. The first-order valence-corrected chi connectivity index (χ1v) is 8.65. The van der Waals surface area contributed by atoms with Crippen molar-refractivity contribution in [3.05, 3.63) is 88.1 Å². The second-order valence-corrected chi connectivity index (χ2v) is 6.93. The van der Waals surface area contributed by atoms with E-state index in [1.54, 1.807) is 0 Å². The van der Waals surface area contributed by atoms with Gasteiger partial charge >= 0.3 is 0 Å². The van der Waals surface area contributed by atoms with E-state index in [1.807, 2.05) is 0 Å². The van der Waals surface area contributed by atoms with Gasteiger partial charge in [-0.25, -0.2) is 4.98 Å². The van der Waals surface area contributed by atoms with E-state index >= 15 is 0 Å². The average molecular weight is 309 g/mol. The van der Waals surface area contributed by atoms with Crippen molar-refractivity contribution in [1.29, 1.82) is 0 Å². The summed E-state index contributed by atoms with van der Waals surface area (Å²) in [5.41, 5.74) is 9.39. The fourth-order valence-corrected chi connectivity index (χ4v) is 4.16. The molecule has 1 aromatic heterocycles. The summed E-state index contributed by atoms with van der Waals surface area (Å²) in [6.07, 6.45) is 8.98. The van der Waals surface area contributed by atoms with Gasteiger partial charge < -0.3 is 0 Å². The van der Waals surface area contributed by atoms with E-state index in [1.165, 1.54) is 33.2 Å². The van der Waals surface area contributed by atoms with Crippen molar-refractivity contribution in [1.82, 2.24) is 4.98 Å². The van der Waals surface area contributed by atoms with Crippen molar-refractivity contribution in [2.24, 2.45) is 0 Å². The van der Waals surface area contributed by atoms with Crippen LogP contribution in [0.15, 0.2) is 60.2 Å². The van der Waals surface area contributed by atoms with Gasteiger partial charge in [0, 0.05) is 11.3 Å². The average Bonchev–Trinajstić information content (AvgIpc) is 2.99. The Labute approximate surface area is 142 Å². The van der Waals surface area contributed by atoms with Gasteiger partial charge in [0.05, 0.1) is 11.2 Å². The molecule has 1 unspecified atom stereocenters. The van der Waals surface area contributed by atoms with Gasteiger partial charge in [-0.2, -0.15) is 0 Å². The monoisotopic (exact) mass is 309 g/mol. The number of hydrogen-bond donors (Lipinski definition) is 0. The predicted octanol–water partition coefficient (Wildman–Crippen LogP) is 5.74. The van der Waals surface area contributed by atoms with Gasteiger partial charge in [0.1, 0.15) is 0 Å². The molecule has 2 aliphatic carbocycles. The molecule has 1 heteroatoms. The minimum absolute atomic E-state index is 0.402. The topological polar surface area (TPSA) is 12.9 Å². The van der Waals surface area contributed by atoms with E-state index in [9.17, 15) is 0 Å². The number of fused-ring (bicyclic) bond motifs is 3. The minimum Gasteiger partial charge on any atom is -0.248 e. The van der Waals surface area contributed by atoms with Crippen molar-refractivity contribution in [2.75, 3.05) is 0 Å². The van der Waals surface area contributed by atoms with E-state index in [-0.39, 0.29) is 0 Å². The standard InChI is InChI=1S/C23H19N/c1-15-12-16-7-4-8-18(20(16)13-15)19-9-5-11-23-21(19)14-17-6-2-3-10-22(17)24-23/h2-8,10-11,13-14,19H,9,12H2,1H3. The minimum atomic E-state index is 0.402. The van der Waals surface area contributed by atoms with Gasteiger partial charge in [0.15, 0.2) is 0 Å². The van der Waals surface area contributed by atoms with Gasteiger partial charge in [-0.3, -0.25) is 0 Å². The zero-order chi connectivity index (χ0) is 16.1. The van der Waals surface area contributed by atoms with E-state index in [0.717, 1.165) is 24.1 Å². The Hall–Kier alpha value is -2.67. The molecular weight excluding hydrogens is 290 g/mol. The Bertz CT molecular complexity index is 1020. The Morgan fingerprint density at radius 3 is 2.88 bits per heavy atom. The lowest BCUT2D eigenvalue weighted by molar-refractivity contribution is 0.810. The summed E-state index contributed by atoms with van der Waals surface area (Å²) in [5.74, 6) is 0.402. The van der Waals surface area contributed by atoms with Crippen molar-refractivity contribution in [3.8, 4) is 0 Å². The highest BCUT2D eigenvalue weighted by molar-refractivity contribution is 5.82. The highest BCUT2D eigenvalue weighted by Gasteiger charge is 2.24. The zero-order valence-electron chi connectivity index (χ0n) is 13.8. The predicted molar refractivity (Wildman–Crippen MR) is 101 cm³/mol. The van der Waals surface area contributed by atoms with Crippen molar-refractivity contribution < 1.29 is 0 Å². The molecule has 0 saturated heterocycles. The molecule has 0 amide bonds. The molecule has 0 spiro atoms. The maximum atomic E-state index is 4.90. The third-order valence-electron chi connectivity index (χ3n) is 5.27. The number of hydrogen-bond acceptors (Lipinski definition) is 1. The largest absolute Gasteiger partial charge is 0.248 e. The fraction of sp³-hybridized carbons (Fsp3) is 0.174. The molecule has 5 rings (SSSR count). The Morgan fingerprint density at radius 1 is 1.00 bits per heavy atom. The third-order valence-corrected chi connectivity index (χ3v) is 5.27. The highest BCUT2D eigenvalue weighted by atomic mass is 14.7. The number of para-hydroxylation sites is 1. The summed E-state index contributed by atoms with van der Waals surface area (Å²) < 4.78 is 0. The number of pyridine rings is 1. The van der Waals surface area contributed by atoms with Crippen LogP contribution in [0.25, 0.3) is 23.1 Å². The molecule has 1 heterocycles. The zero-order valence-corrected chi connectivity index (χ0v) is 13.8. The summed E-state index contributed by atoms with van der Waals surface area (Å²) in [6.45, 7) is 2.23. The van der Waals surface area contributed by atoms with Crippen LogP contribution in [0.2, 0.25) is 0 Å². The van der Waals surface area contributed by atoms with Crippen LogP contribution in [0.1, 0.15) is 47.2 Å². The number of allylic oxidation sites excluding steroid dienone is 2. The lowest BCUT2D eigenvalue weighted by Crippen LogP contribution is -2.09. The molecule has 2 aromatic carbocycles. The first-order valence-electron chi connectivity index (χ1n) is 8.65. The molecule has 116 valence electrons. The molecular formula is C23H19N. The molecule has 3 aromatic rings. The Morgan fingerprint density at radius 2 is 1.92 bits per heavy atom. The van der Waals surface area contributed by atoms with Crippen LogP contribution in [0, 0.1) is 0 Å². The molecule has 1 atom stereocenters. The van der Waals surface area contributed by atoms with Gasteiger partial charge in [0.25, 0.3) is 0 Å². The molecule has 24 heavy (non-hydrogen) atoms. The van der Waals surface area contributed by atoms with Crippen LogP contribution in [-0.2, 0) is 6.42 Å². The molecule has 0 bridgehead atoms. The molecule has 0 aliphatic heterocycles. The van der Waals surface area contributed by atoms with Crippen LogP contribution in [0.5, 0.6) is 0 Å². The van der Waals surface area contributed by atoms with Crippen LogP contribution in [0.4, 0.5) is 0 Å². The van der Waals surface area contributed by atoms with Crippen molar-refractivity contribution in [2.45, 2.75) is 25.7 Å². The number of nitrogens with zero attached hydrogens (tertiary/aromatic N) is 1. The summed E-state index contributed by atoms with van der Waals surface area (Å²) in [5, 5.41) is 1.23. The third kappa shape index (κ3) is 2.05. The lowest BCUT2D eigenvalue weighted by atomic mass is 9.81. The van der Waals surface area contributed by atoms with Gasteiger partial charge in [-0.05, 0) is 60.2 Å². The molecule has 0 radical (unpaired) electrons. The van der Waals surface area contributed by atoms with Crippen LogP contribution < -0.4 is 0 Å². The molecule has 0 N–H and O–H groups in total. The quantitative estimate of drug-likeness (QED) is 0.558. The van der Waals surface area contributed by atoms with Crippen LogP contribution in [-0.4, -0.2) is 4.98 Å². The summed E-state index contributed by atoms with van der Waals surface area (Å²) in [6, 6.07) is 17.5. The van der Waals surface area contributed by atoms with E-state index in [2.05, 4.69) is 73.7 Å². The van der Waals surface area contributed by atoms with E-state index in [4.69, 9.17) is 4.98 Å². The summed E-state index contributed by atoms with van der Waals surface area (Å²) in [4.78, 5) is 4.90. The normalized spacial score (nSPS) is 18.4. The van der Waals surface area contributed by atoms with Gasteiger partial charge in [-0.1, -0.05) is 54.1 Å². The molecule has 0 saturated carbocycles. The number of aromatic nitrogens is 1. The second-order valence-electron chi connectivity index (χ2n) is 6.93. The SMILES string of the molecule is CC1=Cc2c(cccc2C2CC=Cc3nc4ccccc4cc32)C1. The van der Waals surface area contributed by atoms with Crippen molar-refractivity contribution in [3.63, 3.8) is 0 Å². The molecule has 0 fully saturated rings. The Kier molecular flexibility index (Phi) is 2.96.